The summed E-state index contributed by atoms with van der Waals surface area (Å²) in [7, 11) is 0. The Labute approximate surface area is 106 Å². The van der Waals surface area contributed by atoms with Crippen LogP contribution in [-0.4, -0.2) is 6.26 Å². The van der Waals surface area contributed by atoms with Crippen molar-refractivity contribution in [3.8, 4) is 0 Å². The molecule has 0 fully saturated rings. The van der Waals surface area contributed by atoms with E-state index in [-0.39, 0.29) is 0 Å². The van der Waals surface area contributed by atoms with E-state index in [0.717, 1.165) is 6.42 Å². The molecule has 2 heteroatoms. The molecule has 0 spiro atoms. The molecule has 1 aliphatic rings. The van der Waals surface area contributed by atoms with Crippen molar-refractivity contribution < 1.29 is 0 Å². The third kappa shape index (κ3) is 1.93. The maximum absolute atomic E-state index is 3.54. The number of nitrogens with one attached hydrogen (secondary N) is 1. The number of hydrogen-bond donors (Lipinski definition) is 1. The van der Waals surface area contributed by atoms with Gasteiger partial charge in [-0.1, -0.05) is 18.2 Å². The molecule has 2 aromatic rings. The summed E-state index contributed by atoms with van der Waals surface area (Å²) in [5.74, 6) is 0. The zero-order valence-electron chi connectivity index (χ0n) is 10.1. The third-order valence-corrected chi connectivity index (χ3v) is 3.96. The maximum atomic E-state index is 3.54. The van der Waals surface area contributed by atoms with Gasteiger partial charge in [-0.05, 0) is 48.1 Å². The van der Waals surface area contributed by atoms with Gasteiger partial charge >= 0.3 is 0 Å². The molecule has 0 aliphatic carbocycles. The topological polar surface area (TPSA) is 12.0 Å². The second-order valence-corrected chi connectivity index (χ2v) is 5.37. The first-order chi connectivity index (χ1) is 8.26. The van der Waals surface area contributed by atoms with Crippen LogP contribution in [-0.2, 0) is 6.42 Å². The van der Waals surface area contributed by atoms with Gasteiger partial charge in [0.1, 0.15) is 0 Å². The van der Waals surface area contributed by atoms with Crippen LogP contribution in [0.2, 0.25) is 0 Å². The van der Waals surface area contributed by atoms with Gasteiger partial charge in [-0.2, -0.15) is 0 Å². The molecule has 0 saturated heterocycles. The minimum atomic E-state index is 1.03. The quantitative estimate of drug-likeness (QED) is 0.635. The highest BCUT2D eigenvalue weighted by Gasteiger charge is 2.14. The van der Waals surface area contributed by atoms with Crippen LogP contribution in [0.25, 0.3) is 0 Å². The molecule has 1 heterocycles. The zero-order chi connectivity index (χ0) is 11.8. The van der Waals surface area contributed by atoms with Gasteiger partial charge in [-0.3, -0.25) is 0 Å². The van der Waals surface area contributed by atoms with Crippen molar-refractivity contribution in [3.63, 3.8) is 0 Å². The number of thioether (sulfide) groups is 1. The average Bonchev–Trinajstić information content (AvgIpc) is 2.35. The highest BCUT2D eigenvalue weighted by molar-refractivity contribution is 7.98. The van der Waals surface area contributed by atoms with Crippen molar-refractivity contribution in [2.24, 2.45) is 0 Å². The first-order valence-corrected chi connectivity index (χ1v) is 7.02. The summed E-state index contributed by atoms with van der Waals surface area (Å²) in [6.45, 7) is 2.13. The van der Waals surface area contributed by atoms with Crippen molar-refractivity contribution in [2.45, 2.75) is 18.2 Å². The molecular weight excluding hydrogens is 226 g/mol. The predicted molar refractivity (Wildman–Crippen MR) is 75.5 cm³/mol. The molecule has 0 atom stereocenters. The number of benzene rings is 2. The van der Waals surface area contributed by atoms with Gasteiger partial charge in [0, 0.05) is 22.7 Å². The van der Waals surface area contributed by atoms with Crippen molar-refractivity contribution >= 4 is 23.1 Å². The molecule has 1 nitrogen and oxygen atoms in total. The Hall–Kier alpha value is -1.41. The van der Waals surface area contributed by atoms with Gasteiger partial charge in [0.25, 0.3) is 0 Å². The molecule has 0 radical (unpaired) electrons. The summed E-state index contributed by atoms with van der Waals surface area (Å²) in [5, 5.41) is 3.54. The van der Waals surface area contributed by atoms with Gasteiger partial charge in [-0.15, -0.1) is 11.8 Å². The fourth-order valence-electron chi connectivity index (χ4n) is 2.26. The molecule has 86 valence electrons. The van der Waals surface area contributed by atoms with E-state index in [0.29, 0.717) is 0 Å². The SMILES string of the molecule is CSc1ccc2c(c1)Nc1cc(C)ccc1C2. The van der Waals surface area contributed by atoms with Crippen LogP contribution in [0, 0.1) is 6.92 Å². The molecule has 2 aromatic carbocycles. The van der Waals surface area contributed by atoms with Crippen LogP contribution >= 0.6 is 11.8 Å². The Balaban J connectivity index is 2.05. The lowest BCUT2D eigenvalue weighted by molar-refractivity contribution is 1.14. The first kappa shape index (κ1) is 10.7. The maximum Gasteiger partial charge on any atom is 0.0431 e. The van der Waals surface area contributed by atoms with Gasteiger partial charge < -0.3 is 5.32 Å². The van der Waals surface area contributed by atoms with Crippen LogP contribution in [0.5, 0.6) is 0 Å². The van der Waals surface area contributed by atoms with Crippen molar-refractivity contribution in [1.82, 2.24) is 0 Å². The molecule has 0 aromatic heterocycles. The summed E-state index contributed by atoms with van der Waals surface area (Å²) >= 11 is 1.79. The standard InChI is InChI=1S/C15H15NS/c1-10-3-4-11-8-12-5-6-13(17-2)9-15(12)16-14(11)7-10/h3-7,9,16H,8H2,1-2H3. The summed E-state index contributed by atoms with van der Waals surface area (Å²) in [6.07, 6.45) is 3.15. The molecule has 0 bridgehead atoms. The Morgan fingerprint density at radius 1 is 1.00 bits per heavy atom. The number of hydrogen-bond acceptors (Lipinski definition) is 2. The van der Waals surface area contributed by atoms with E-state index in [1.165, 1.54) is 33.0 Å². The van der Waals surface area contributed by atoms with E-state index >= 15 is 0 Å². The lowest BCUT2D eigenvalue weighted by Crippen LogP contribution is -2.06. The number of rotatable bonds is 1. The lowest BCUT2D eigenvalue weighted by Gasteiger charge is -2.22. The lowest BCUT2D eigenvalue weighted by atomic mass is 9.96. The predicted octanol–water partition coefficient (Wildman–Crippen LogP) is 4.36. The smallest absolute Gasteiger partial charge is 0.0431 e. The molecule has 1 N–H and O–H groups in total. The molecule has 3 rings (SSSR count). The Morgan fingerprint density at radius 3 is 2.47 bits per heavy atom. The Morgan fingerprint density at radius 2 is 1.71 bits per heavy atom. The van der Waals surface area contributed by atoms with E-state index in [2.05, 4.69) is 54.9 Å². The minimum Gasteiger partial charge on any atom is -0.355 e. The van der Waals surface area contributed by atoms with E-state index in [1.54, 1.807) is 11.8 Å². The summed E-state index contributed by atoms with van der Waals surface area (Å²) in [5.41, 5.74) is 6.60. The van der Waals surface area contributed by atoms with Crippen molar-refractivity contribution in [2.75, 3.05) is 11.6 Å². The molecule has 0 saturated carbocycles. The molecular formula is C15H15NS. The monoisotopic (exact) mass is 241 g/mol. The first-order valence-electron chi connectivity index (χ1n) is 5.80. The summed E-state index contributed by atoms with van der Waals surface area (Å²) in [4.78, 5) is 1.31. The Kier molecular flexibility index (Phi) is 2.60. The fraction of sp³-hybridized carbons (Fsp3) is 0.200. The molecule has 0 amide bonds. The Bertz CT molecular complexity index is 575. The van der Waals surface area contributed by atoms with Crippen molar-refractivity contribution in [1.29, 1.82) is 0 Å². The van der Waals surface area contributed by atoms with Gasteiger partial charge in [-0.25, -0.2) is 0 Å². The van der Waals surface area contributed by atoms with E-state index in [1.807, 2.05) is 0 Å². The molecule has 0 unspecified atom stereocenters. The van der Waals surface area contributed by atoms with Crippen LogP contribution < -0.4 is 5.32 Å². The minimum absolute atomic E-state index is 1.03. The van der Waals surface area contributed by atoms with Gasteiger partial charge in [0.2, 0.25) is 0 Å². The summed E-state index contributed by atoms with van der Waals surface area (Å²) in [6, 6.07) is 13.3. The second-order valence-electron chi connectivity index (χ2n) is 4.49. The third-order valence-electron chi connectivity index (χ3n) is 3.23. The van der Waals surface area contributed by atoms with Gasteiger partial charge in [0.05, 0.1) is 0 Å². The number of anilines is 2. The van der Waals surface area contributed by atoms with E-state index in [4.69, 9.17) is 0 Å². The average molecular weight is 241 g/mol. The van der Waals surface area contributed by atoms with Gasteiger partial charge in [0.15, 0.2) is 0 Å². The summed E-state index contributed by atoms with van der Waals surface area (Å²) < 4.78 is 0. The van der Waals surface area contributed by atoms with Crippen LogP contribution in [0.4, 0.5) is 11.4 Å². The number of fused-ring (bicyclic) bond motifs is 2. The van der Waals surface area contributed by atoms with Crippen molar-refractivity contribution in [3.05, 3.63) is 53.1 Å². The van der Waals surface area contributed by atoms with Crippen LogP contribution in [0.15, 0.2) is 41.3 Å². The van der Waals surface area contributed by atoms with E-state index in [9.17, 15) is 0 Å². The highest BCUT2D eigenvalue weighted by Crippen LogP contribution is 2.35. The zero-order valence-corrected chi connectivity index (χ0v) is 10.9. The fourth-order valence-corrected chi connectivity index (χ4v) is 2.70. The molecule has 17 heavy (non-hydrogen) atoms. The molecule has 1 aliphatic heterocycles. The van der Waals surface area contributed by atoms with E-state index < -0.39 is 0 Å². The van der Waals surface area contributed by atoms with Crippen LogP contribution in [0.3, 0.4) is 0 Å². The number of aryl methyl sites for hydroxylation is 1. The second kappa shape index (κ2) is 4.11. The largest absolute Gasteiger partial charge is 0.355 e. The van der Waals surface area contributed by atoms with Crippen LogP contribution in [0.1, 0.15) is 16.7 Å². The highest BCUT2D eigenvalue weighted by atomic mass is 32.2. The normalized spacial score (nSPS) is 12.6.